The Balaban J connectivity index is 1.80. The van der Waals surface area contributed by atoms with Crippen molar-refractivity contribution in [3.05, 3.63) is 45.6 Å². The number of hydrogen-bond acceptors (Lipinski definition) is 6. The Kier molecular flexibility index (Phi) is 5.03. The molecule has 28 heavy (non-hydrogen) atoms. The van der Waals surface area contributed by atoms with E-state index in [4.69, 9.17) is 9.47 Å². The summed E-state index contributed by atoms with van der Waals surface area (Å²) in [6.45, 7) is 5.04. The van der Waals surface area contributed by atoms with Crippen molar-refractivity contribution in [3.63, 3.8) is 0 Å². The summed E-state index contributed by atoms with van der Waals surface area (Å²) in [6.07, 6.45) is 1.97. The number of nitrogens with zero attached hydrogens (tertiary/aromatic N) is 3. The summed E-state index contributed by atoms with van der Waals surface area (Å²) in [5, 5.41) is 0.803. The first-order chi connectivity index (χ1) is 13.5. The summed E-state index contributed by atoms with van der Waals surface area (Å²) < 4.78 is 10.6. The van der Waals surface area contributed by atoms with Crippen LogP contribution in [0.2, 0.25) is 0 Å². The third-order valence-electron chi connectivity index (χ3n) is 5.06. The molecule has 0 saturated carbocycles. The van der Waals surface area contributed by atoms with Crippen LogP contribution >= 0.6 is 11.3 Å². The van der Waals surface area contributed by atoms with Gasteiger partial charge in [0.2, 0.25) is 5.88 Å². The molecule has 1 amide bonds. The number of fused-ring (bicyclic) bond motifs is 2. The number of thiophene rings is 1. The standard InChI is InChI=1S/C21H23N3O3S/c1-12-7-8-15-14(10-12)6-5-9-24(15)21(25)18-13(2)17-19(27-4)22-16(11-26-3)23-20(17)28-18/h7-8,10H,5-6,9,11H2,1-4H3. The maximum absolute atomic E-state index is 13.5. The molecular weight excluding hydrogens is 374 g/mol. The summed E-state index contributed by atoms with van der Waals surface area (Å²) in [7, 11) is 3.18. The molecule has 0 bridgehead atoms. The average molecular weight is 398 g/mol. The van der Waals surface area contributed by atoms with E-state index < -0.39 is 0 Å². The summed E-state index contributed by atoms with van der Waals surface area (Å²) in [4.78, 5) is 25.8. The second-order valence-electron chi connectivity index (χ2n) is 7.01. The summed E-state index contributed by atoms with van der Waals surface area (Å²) in [5.74, 6) is 1.05. The number of aryl methyl sites for hydroxylation is 3. The summed E-state index contributed by atoms with van der Waals surface area (Å²) in [6, 6.07) is 6.30. The fraction of sp³-hybridized carbons (Fsp3) is 0.381. The molecule has 0 spiro atoms. The molecule has 2 aromatic heterocycles. The highest BCUT2D eigenvalue weighted by Gasteiger charge is 2.28. The van der Waals surface area contributed by atoms with Crippen molar-refractivity contribution >= 4 is 33.1 Å². The van der Waals surface area contributed by atoms with Crippen molar-refractivity contribution in [3.8, 4) is 5.88 Å². The second kappa shape index (κ2) is 7.48. The Hall–Kier alpha value is -2.51. The summed E-state index contributed by atoms with van der Waals surface area (Å²) in [5.41, 5.74) is 4.33. The van der Waals surface area contributed by atoms with Crippen LogP contribution in [0.1, 0.15) is 38.6 Å². The lowest BCUT2D eigenvalue weighted by Gasteiger charge is -2.29. The van der Waals surface area contributed by atoms with Crippen LogP contribution in [0.3, 0.4) is 0 Å². The first kappa shape index (κ1) is 18.8. The molecule has 146 valence electrons. The molecule has 0 atom stereocenters. The predicted octanol–water partition coefficient (Wildman–Crippen LogP) is 4.06. The number of carbonyl (C=O) groups is 1. The minimum absolute atomic E-state index is 0.0145. The average Bonchev–Trinajstić information content (AvgIpc) is 3.03. The molecule has 3 heterocycles. The second-order valence-corrected chi connectivity index (χ2v) is 8.01. The molecule has 0 unspecified atom stereocenters. The molecule has 0 saturated heterocycles. The van der Waals surface area contributed by atoms with Crippen LogP contribution in [0.4, 0.5) is 5.69 Å². The highest BCUT2D eigenvalue weighted by atomic mass is 32.1. The van der Waals surface area contributed by atoms with Crippen molar-refractivity contribution in [2.45, 2.75) is 33.3 Å². The minimum Gasteiger partial charge on any atom is -0.480 e. The normalized spacial score (nSPS) is 13.6. The SMILES string of the molecule is COCc1nc(OC)c2c(C)c(C(=O)N3CCCc4cc(C)ccc43)sc2n1. The third kappa shape index (κ3) is 3.14. The predicted molar refractivity (Wildman–Crippen MR) is 111 cm³/mol. The van der Waals surface area contributed by atoms with Gasteiger partial charge in [0.05, 0.1) is 17.4 Å². The van der Waals surface area contributed by atoms with Gasteiger partial charge in [-0.05, 0) is 43.9 Å². The Morgan fingerprint density at radius 2 is 2.07 bits per heavy atom. The number of benzene rings is 1. The van der Waals surface area contributed by atoms with Gasteiger partial charge in [0.25, 0.3) is 5.91 Å². The minimum atomic E-state index is 0.0145. The van der Waals surface area contributed by atoms with E-state index in [1.54, 1.807) is 14.2 Å². The Morgan fingerprint density at radius 3 is 2.82 bits per heavy atom. The third-order valence-corrected chi connectivity index (χ3v) is 6.24. The van der Waals surface area contributed by atoms with Crippen LogP contribution in [-0.2, 0) is 17.8 Å². The number of methoxy groups -OCH3 is 2. The van der Waals surface area contributed by atoms with Gasteiger partial charge in [0.15, 0.2) is 5.82 Å². The molecule has 3 aromatic rings. The first-order valence-corrected chi connectivity index (χ1v) is 10.1. The van der Waals surface area contributed by atoms with E-state index in [9.17, 15) is 4.79 Å². The van der Waals surface area contributed by atoms with Crippen molar-refractivity contribution in [1.29, 1.82) is 0 Å². The van der Waals surface area contributed by atoms with E-state index in [-0.39, 0.29) is 5.91 Å². The molecule has 0 fully saturated rings. The molecule has 1 aromatic carbocycles. The largest absolute Gasteiger partial charge is 0.480 e. The van der Waals surface area contributed by atoms with Gasteiger partial charge < -0.3 is 14.4 Å². The van der Waals surface area contributed by atoms with Gasteiger partial charge in [-0.15, -0.1) is 11.3 Å². The Bertz CT molecular complexity index is 1060. The smallest absolute Gasteiger partial charge is 0.268 e. The fourth-order valence-corrected chi connectivity index (χ4v) is 4.89. The van der Waals surface area contributed by atoms with Gasteiger partial charge in [-0.1, -0.05) is 17.7 Å². The van der Waals surface area contributed by atoms with Gasteiger partial charge in [-0.25, -0.2) is 4.98 Å². The lowest BCUT2D eigenvalue weighted by Crippen LogP contribution is -2.35. The number of hydrogen-bond donors (Lipinski definition) is 0. The van der Waals surface area contributed by atoms with Crippen molar-refractivity contribution in [2.24, 2.45) is 0 Å². The van der Waals surface area contributed by atoms with Crippen LogP contribution in [0.15, 0.2) is 18.2 Å². The molecule has 1 aliphatic heterocycles. The number of amides is 1. The molecule has 7 heteroatoms. The van der Waals surface area contributed by atoms with Gasteiger partial charge in [0, 0.05) is 19.3 Å². The van der Waals surface area contributed by atoms with Gasteiger partial charge in [0.1, 0.15) is 11.4 Å². The topological polar surface area (TPSA) is 64.6 Å². The molecule has 0 radical (unpaired) electrons. The zero-order chi connectivity index (χ0) is 19.8. The van der Waals surface area contributed by atoms with E-state index in [0.29, 0.717) is 23.2 Å². The van der Waals surface area contributed by atoms with Crippen LogP contribution in [0.25, 0.3) is 10.2 Å². The number of rotatable bonds is 4. The van der Waals surface area contributed by atoms with Crippen LogP contribution in [0, 0.1) is 13.8 Å². The number of carbonyl (C=O) groups excluding carboxylic acids is 1. The van der Waals surface area contributed by atoms with E-state index in [1.807, 2.05) is 11.8 Å². The van der Waals surface area contributed by atoms with Crippen molar-refractivity contribution in [2.75, 3.05) is 25.7 Å². The lowest BCUT2D eigenvalue weighted by atomic mass is 9.99. The quantitative estimate of drug-likeness (QED) is 0.664. The van der Waals surface area contributed by atoms with Gasteiger partial charge in [-0.3, -0.25) is 4.79 Å². The van der Waals surface area contributed by atoms with Crippen molar-refractivity contribution in [1.82, 2.24) is 9.97 Å². The molecule has 0 aliphatic carbocycles. The van der Waals surface area contributed by atoms with Crippen LogP contribution in [-0.4, -0.2) is 36.6 Å². The fourth-order valence-electron chi connectivity index (χ4n) is 3.75. The maximum Gasteiger partial charge on any atom is 0.268 e. The van der Waals surface area contributed by atoms with E-state index in [2.05, 4.69) is 35.1 Å². The Morgan fingerprint density at radius 1 is 1.25 bits per heavy atom. The molecule has 0 N–H and O–H groups in total. The van der Waals surface area contributed by atoms with E-state index in [1.165, 1.54) is 22.5 Å². The number of anilines is 1. The van der Waals surface area contributed by atoms with Crippen LogP contribution in [0.5, 0.6) is 5.88 Å². The molecule has 1 aliphatic rings. The highest BCUT2D eigenvalue weighted by molar-refractivity contribution is 7.20. The maximum atomic E-state index is 13.5. The highest BCUT2D eigenvalue weighted by Crippen LogP contribution is 2.37. The molecular formula is C21H23N3O3S. The van der Waals surface area contributed by atoms with Gasteiger partial charge >= 0.3 is 0 Å². The van der Waals surface area contributed by atoms with E-state index >= 15 is 0 Å². The first-order valence-electron chi connectivity index (χ1n) is 9.27. The summed E-state index contributed by atoms with van der Waals surface area (Å²) >= 11 is 1.40. The number of ether oxygens (including phenoxy) is 2. The molecule has 4 rings (SSSR count). The number of aromatic nitrogens is 2. The van der Waals surface area contributed by atoms with Crippen LogP contribution < -0.4 is 9.64 Å². The zero-order valence-corrected chi connectivity index (χ0v) is 17.4. The lowest BCUT2D eigenvalue weighted by molar-refractivity contribution is 0.0988. The van der Waals surface area contributed by atoms with Crippen molar-refractivity contribution < 1.29 is 14.3 Å². The van der Waals surface area contributed by atoms with E-state index in [0.717, 1.165) is 40.9 Å². The Labute approximate surface area is 168 Å². The monoisotopic (exact) mass is 397 g/mol. The molecule has 6 nitrogen and oxygen atoms in total. The van der Waals surface area contributed by atoms with Gasteiger partial charge in [-0.2, -0.15) is 4.98 Å². The zero-order valence-electron chi connectivity index (χ0n) is 16.5.